The second-order valence-corrected chi connectivity index (χ2v) is 6.63. The van der Waals surface area contributed by atoms with Crippen LogP contribution in [0.3, 0.4) is 0 Å². The van der Waals surface area contributed by atoms with Crippen LogP contribution in [0.2, 0.25) is 0 Å². The molecule has 2 rings (SSSR count). The van der Waals surface area contributed by atoms with Gasteiger partial charge >= 0.3 is 0 Å². The van der Waals surface area contributed by atoms with Crippen LogP contribution >= 0.6 is 0 Å². The molecule has 1 amide bonds. The minimum Gasteiger partial charge on any atom is -0.359 e. The van der Waals surface area contributed by atoms with Gasteiger partial charge < -0.3 is 15.5 Å². The predicted molar refractivity (Wildman–Crippen MR) is 90.9 cm³/mol. The molecular weight excluding hydrogens is 276 g/mol. The molecule has 5 nitrogen and oxygen atoms in total. The Morgan fingerprint density at radius 1 is 1.18 bits per heavy atom. The molecule has 2 N–H and O–H groups in total. The average Bonchev–Trinajstić information content (AvgIpc) is 3.35. The molecule has 1 saturated heterocycles. The summed E-state index contributed by atoms with van der Waals surface area (Å²) in [7, 11) is 1.72. The monoisotopic (exact) mass is 308 g/mol. The minimum atomic E-state index is 0.166. The van der Waals surface area contributed by atoms with E-state index in [4.69, 9.17) is 4.99 Å². The standard InChI is InChI=1S/C17H32N4O/c1-3-19-17(20-10-4-5-14-6-7-14)21-11-8-15(9-12-21)13-16(22)18-2/h14-15H,3-13H2,1-2H3,(H,18,22)(H,19,20). The van der Waals surface area contributed by atoms with E-state index < -0.39 is 0 Å². The van der Waals surface area contributed by atoms with Crippen molar-refractivity contribution in [2.24, 2.45) is 16.8 Å². The van der Waals surface area contributed by atoms with Gasteiger partial charge in [-0.05, 0) is 44.4 Å². The Morgan fingerprint density at radius 2 is 1.91 bits per heavy atom. The molecule has 0 aromatic rings. The zero-order valence-corrected chi connectivity index (χ0v) is 14.2. The van der Waals surface area contributed by atoms with Crippen LogP contribution in [-0.4, -0.2) is 50.0 Å². The summed E-state index contributed by atoms with van der Waals surface area (Å²) in [5.74, 6) is 2.75. The van der Waals surface area contributed by atoms with Crippen molar-refractivity contribution in [3.63, 3.8) is 0 Å². The van der Waals surface area contributed by atoms with E-state index >= 15 is 0 Å². The van der Waals surface area contributed by atoms with Crippen LogP contribution in [0.1, 0.15) is 51.9 Å². The normalized spacial score (nSPS) is 20.1. The van der Waals surface area contributed by atoms with Gasteiger partial charge in [-0.3, -0.25) is 9.79 Å². The molecule has 0 aromatic carbocycles. The first kappa shape index (κ1) is 17.1. The second kappa shape index (κ2) is 9.01. The molecular formula is C17H32N4O. The Morgan fingerprint density at radius 3 is 2.50 bits per heavy atom. The summed E-state index contributed by atoms with van der Waals surface area (Å²) in [6, 6.07) is 0. The zero-order valence-electron chi connectivity index (χ0n) is 14.2. The number of hydrogen-bond donors (Lipinski definition) is 2. The second-order valence-electron chi connectivity index (χ2n) is 6.63. The third-order valence-electron chi connectivity index (χ3n) is 4.73. The highest BCUT2D eigenvalue weighted by Gasteiger charge is 2.23. The number of nitrogens with one attached hydrogen (secondary N) is 2. The Labute approximate surface area is 134 Å². The summed E-state index contributed by atoms with van der Waals surface area (Å²) in [5.41, 5.74) is 0. The van der Waals surface area contributed by atoms with Gasteiger partial charge in [-0.15, -0.1) is 0 Å². The lowest BCUT2D eigenvalue weighted by atomic mass is 9.93. The summed E-state index contributed by atoms with van der Waals surface area (Å²) < 4.78 is 0. The number of guanidine groups is 1. The van der Waals surface area contributed by atoms with Crippen LogP contribution in [0.15, 0.2) is 4.99 Å². The number of carbonyl (C=O) groups is 1. The average molecular weight is 308 g/mol. The number of amides is 1. The highest BCUT2D eigenvalue weighted by molar-refractivity contribution is 5.80. The summed E-state index contributed by atoms with van der Waals surface area (Å²) in [6.07, 6.45) is 8.26. The molecule has 22 heavy (non-hydrogen) atoms. The van der Waals surface area contributed by atoms with E-state index in [9.17, 15) is 4.79 Å². The van der Waals surface area contributed by atoms with E-state index in [-0.39, 0.29) is 5.91 Å². The maximum Gasteiger partial charge on any atom is 0.220 e. The van der Waals surface area contributed by atoms with Crippen molar-refractivity contribution in [3.05, 3.63) is 0 Å². The molecule has 1 saturated carbocycles. The summed E-state index contributed by atoms with van der Waals surface area (Å²) in [6.45, 7) is 6.00. The lowest BCUT2D eigenvalue weighted by Crippen LogP contribution is -2.46. The van der Waals surface area contributed by atoms with Gasteiger partial charge in [0.15, 0.2) is 5.96 Å². The molecule has 126 valence electrons. The van der Waals surface area contributed by atoms with Gasteiger partial charge in [0.2, 0.25) is 5.91 Å². The van der Waals surface area contributed by atoms with Gasteiger partial charge in [0, 0.05) is 39.6 Å². The highest BCUT2D eigenvalue weighted by atomic mass is 16.1. The Balaban J connectivity index is 1.74. The van der Waals surface area contributed by atoms with Crippen LogP contribution in [0.5, 0.6) is 0 Å². The fraction of sp³-hybridized carbons (Fsp3) is 0.882. The first-order valence-corrected chi connectivity index (χ1v) is 8.96. The maximum atomic E-state index is 11.5. The largest absolute Gasteiger partial charge is 0.359 e. The van der Waals surface area contributed by atoms with Crippen molar-refractivity contribution in [2.75, 3.05) is 33.2 Å². The number of likely N-dealkylation sites (tertiary alicyclic amines) is 1. The first-order valence-electron chi connectivity index (χ1n) is 8.96. The number of piperidine rings is 1. The Bertz CT molecular complexity index is 371. The fourth-order valence-electron chi connectivity index (χ4n) is 3.11. The SMILES string of the molecule is CCNC(=NCCCC1CC1)N1CCC(CC(=O)NC)CC1. The van der Waals surface area contributed by atoms with Gasteiger partial charge in [0.25, 0.3) is 0 Å². The molecule has 1 aliphatic carbocycles. The van der Waals surface area contributed by atoms with E-state index in [0.29, 0.717) is 12.3 Å². The van der Waals surface area contributed by atoms with E-state index in [1.807, 2.05) is 0 Å². The van der Waals surface area contributed by atoms with Crippen molar-refractivity contribution in [3.8, 4) is 0 Å². The third-order valence-corrected chi connectivity index (χ3v) is 4.73. The molecule has 0 unspecified atom stereocenters. The van der Waals surface area contributed by atoms with Crippen LogP contribution in [0, 0.1) is 11.8 Å². The molecule has 1 heterocycles. The van der Waals surface area contributed by atoms with E-state index in [1.165, 1.54) is 25.7 Å². The lowest BCUT2D eigenvalue weighted by Gasteiger charge is -2.34. The molecule has 1 aliphatic heterocycles. The van der Waals surface area contributed by atoms with E-state index in [1.54, 1.807) is 7.05 Å². The quantitative estimate of drug-likeness (QED) is 0.430. The Hall–Kier alpha value is -1.26. The molecule has 0 bridgehead atoms. The Kier molecular flexibility index (Phi) is 7.00. The van der Waals surface area contributed by atoms with Crippen LogP contribution in [0.4, 0.5) is 0 Å². The maximum absolute atomic E-state index is 11.5. The van der Waals surface area contributed by atoms with E-state index in [2.05, 4.69) is 22.5 Å². The van der Waals surface area contributed by atoms with Crippen molar-refractivity contribution in [1.29, 1.82) is 0 Å². The van der Waals surface area contributed by atoms with Crippen molar-refractivity contribution in [1.82, 2.24) is 15.5 Å². The van der Waals surface area contributed by atoms with Crippen molar-refractivity contribution in [2.45, 2.75) is 51.9 Å². The van der Waals surface area contributed by atoms with Gasteiger partial charge in [-0.25, -0.2) is 0 Å². The number of hydrogen-bond acceptors (Lipinski definition) is 2. The number of aliphatic imine (C=N–C) groups is 1. The molecule has 0 aromatic heterocycles. The predicted octanol–water partition coefficient (Wildman–Crippen LogP) is 1.99. The molecule has 5 heteroatoms. The van der Waals surface area contributed by atoms with Gasteiger partial charge in [0.05, 0.1) is 0 Å². The molecule has 2 fully saturated rings. The highest BCUT2D eigenvalue weighted by Crippen LogP contribution is 2.33. The first-order chi connectivity index (χ1) is 10.7. The smallest absolute Gasteiger partial charge is 0.220 e. The number of carbonyl (C=O) groups excluding carboxylic acids is 1. The van der Waals surface area contributed by atoms with Crippen LogP contribution in [0.25, 0.3) is 0 Å². The zero-order chi connectivity index (χ0) is 15.8. The topological polar surface area (TPSA) is 56.7 Å². The molecule has 2 aliphatic rings. The van der Waals surface area contributed by atoms with Crippen LogP contribution < -0.4 is 10.6 Å². The summed E-state index contributed by atoms with van der Waals surface area (Å²) in [5, 5.41) is 6.15. The minimum absolute atomic E-state index is 0.166. The summed E-state index contributed by atoms with van der Waals surface area (Å²) >= 11 is 0. The number of rotatable bonds is 7. The third kappa shape index (κ3) is 5.85. The van der Waals surface area contributed by atoms with E-state index in [0.717, 1.165) is 50.9 Å². The van der Waals surface area contributed by atoms with Gasteiger partial charge in [-0.2, -0.15) is 0 Å². The van der Waals surface area contributed by atoms with Gasteiger partial charge in [0.1, 0.15) is 0 Å². The molecule has 0 atom stereocenters. The number of nitrogens with zero attached hydrogens (tertiary/aromatic N) is 2. The molecule has 0 radical (unpaired) electrons. The van der Waals surface area contributed by atoms with Crippen LogP contribution in [-0.2, 0) is 4.79 Å². The van der Waals surface area contributed by atoms with Gasteiger partial charge in [-0.1, -0.05) is 12.8 Å². The van der Waals surface area contributed by atoms with Crippen molar-refractivity contribution < 1.29 is 4.79 Å². The van der Waals surface area contributed by atoms with Crippen molar-refractivity contribution >= 4 is 11.9 Å². The lowest BCUT2D eigenvalue weighted by molar-refractivity contribution is -0.121. The molecule has 0 spiro atoms. The summed E-state index contributed by atoms with van der Waals surface area (Å²) in [4.78, 5) is 18.6. The fourth-order valence-corrected chi connectivity index (χ4v) is 3.11.